The zero-order chi connectivity index (χ0) is 23.2. The van der Waals surface area contributed by atoms with Crippen LogP contribution in [0.2, 0.25) is 0 Å². The summed E-state index contributed by atoms with van der Waals surface area (Å²) in [5, 5.41) is 0. The maximum atomic E-state index is 12.7. The number of allylic oxidation sites excluding steroid dienone is 1. The summed E-state index contributed by atoms with van der Waals surface area (Å²) >= 11 is 0. The van der Waals surface area contributed by atoms with E-state index in [9.17, 15) is 9.59 Å². The number of Topliss-reactive ketones (excluding diaryl/α,β-unsaturated/α-hetero) is 1. The Hall–Kier alpha value is -3.28. The molecule has 1 heterocycles. The lowest BCUT2D eigenvalue weighted by molar-refractivity contribution is 0.101. The summed E-state index contributed by atoms with van der Waals surface area (Å²) in [6, 6.07) is 12.5. The smallest absolute Gasteiger partial charge is 0.415 e. The normalized spacial score (nSPS) is 16.5. The van der Waals surface area contributed by atoms with Gasteiger partial charge < -0.3 is 19.1 Å². The van der Waals surface area contributed by atoms with Crippen LogP contribution in [-0.4, -0.2) is 36.5 Å². The van der Waals surface area contributed by atoms with Crippen molar-refractivity contribution in [2.24, 2.45) is 5.92 Å². The first-order valence-electron chi connectivity index (χ1n) is 11.8. The lowest BCUT2D eigenvalue weighted by Crippen LogP contribution is -2.33. The quantitative estimate of drug-likeness (QED) is 0.456. The van der Waals surface area contributed by atoms with Crippen molar-refractivity contribution in [2.75, 3.05) is 19.7 Å². The standard InChI is InChI=1S/C27H31NO5/c1-3-28(4-2)27(30)32-22-13-14-23-24(18-22)33-25(26(23)29)17-20-9-11-21(12-10-20)31-16-15-19-7-5-6-8-19/h9-14,17-19H,3-8,15-16H2,1-2H3/b25-17-. The molecule has 0 spiro atoms. The number of ketones is 1. The van der Waals surface area contributed by atoms with Crippen LogP contribution in [0.3, 0.4) is 0 Å². The molecule has 1 fully saturated rings. The Bertz CT molecular complexity index is 1020. The van der Waals surface area contributed by atoms with Gasteiger partial charge in [0.15, 0.2) is 5.76 Å². The minimum absolute atomic E-state index is 0.191. The Labute approximate surface area is 195 Å². The number of amides is 1. The summed E-state index contributed by atoms with van der Waals surface area (Å²) in [6.45, 7) is 5.64. The van der Waals surface area contributed by atoms with Crippen molar-refractivity contribution in [3.05, 3.63) is 59.4 Å². The molecule has 1 amide bonds. The van der Waals surface area contributed by atoms with E-state index in [1.165, 1.54) is 25.7 Å². The van der Waals surface area contributed by atoms with Crippen LogP contribution >= 0.6 is 0 Å². The molecule has 174 valence electrons. The first-order chi connectivity index (χ1) is 16.1. The number of nitrogens with zero attached hydrogens (tertiary/aromatic N) is 1. The van der Waals surface area contributed by atoms with Crippen LogP contribution in [0.5, 0.6) is 17.2 Å². The van der Waals surface area contributed by atoms with Crippen molar-refractivity contribution < 1.29 is 23.8 Å². The average Bonchev–Trinajstić information content (AvgIpc) is 3.44. The van der Waals surface area contributed by atoms with Gasteiger partial charge in [-0.15, -0.1) is 0 Å². The molecule has 2 aromatic rings. The number of hydrogen-bond donors (Lipinski definition) is 0. The third kappa shape index (κ3) is 5.56. The zero-order valence-corrected chi connectivity index (χ0v) is 19.3. The molecule has 0 aromatic heterocycles. The molecule has 0 saturated heterocycles. The third-order valence-electron chi connectivity index (χ3n) is 6.32. The highest BCUT2D eigenvalue weighted by molar-refractivity contribution is 6.14. The van der Waals surface area contributed by atoms with Crippen molar-refractivity contribution in [1.29, 1.82) is 0 Å². The first kappa shape index (κ1) is 22.9. The van der Waals surface area contributed by atoms with Gasteiger partial charge in [0.1, 0.15) is 17.2 Å². The van der Waals surface area contributed by atoms with Gasteiger partial charge in [0.25, 0.3) is 0 Å². The molecule has 2 aliphatic rings. The van der Waals surface area contributed by atoms with Gasteiger partial charge >= 0.3 is 6.09 Å². The van der Waals surface area contributed by atoms with Crippen LogP contribution in [0.25, 0.3) is 6.08 Å². The van der Waals surface area contributed by atoms with Crippen LogP contribution in [0, 0.1) is 5.92 Å². The lowest BCUT2D eigenvalue weighted by atomic mass is 10.1. The van der Waals surface area contributed by atoms with Crippen LogP contribution in [0.1, 0.15) is 61.9 Å². The Morgan fingerprint density at radius 1 is 1.06 bits per heavy atom. The summed E-state index contributed by atoms with van der Waals surface area (Å²) in [4.78, 5) is 26.5. The van der Waals surface area contributed by atoms with Crippen LogP contribution < -0.4 is 14.2 Å². The van der Waals surface area contributed by atoms with Crippen molar-refractivity contribution in [1.82, 2.24) is 4.90 Å². The van der Waals surface area contributed by atoms with E-state index in [1.807, 2.05) is 38.1 Å². The molecule has 1 saturated carbocycles. The maximum Gasteiger partial charge on any atom is 0.415 e. The molecule has 33 heavy (non-hydrogen) atoms. The molecule has 0 bridgehead atoms. The van der Waals surface area contributed by atoms with Crippen molar-refractivity contribution in [3.63, 3.8) is 0 Å². The maximum absolute atomic E-state index is 12.7. The number of carbonyl (C=O) groups is 2. The second-order valence-electron chi connectivity index (χ2n) is 8.49. The van der Waals surface area contributed by atoms with E-state index in [2.05, 4.69) is 0 Å². The van der Waals surface area contributed by atoms with Crippen LogP contribution in [0.4, 0.5) is 4.79 Å². The van der Waals surface area contributed by atoms with Gasteiger partial charge in [-0.05, 0) is 62.1 Å². The molecule has 4 rings (SSSR count). The molecule has 0 atom stereocenters. The number of carbonyl (C=O) groups excluding carboxylic acids is 2. The predicted molar refractivity (Wildman–Crippen MR) is 127 cm³/mol. The topological polar surface area (TPSA) is 65.1 Å². The van der Waals surface area contributed by atoms with Gasteiger partial charge in [0.2, 0.25) is 5.78 Å². The monoisotopic (exact) mass is 449 g/mol. The fourth-order valence-corrected chi connectivity index (χ4v) is 4.33. The highest BCUT2D eigenvalue weighted by Gasteiger charge is 2.28. The number of ether oxygens (including phenoxy) is 3. The second kappa shape index (κ2) is 10.6. The fourth-order valence-electron chi connectivity index (χ4n) is 4.33. The largest absolute Gasteiger partial charge is 0.494 e. The molecule has 6 heteroatoms. The zero-order valence-electron chi connectivity index (χ0n) is 19.3. The van der Waals surface area contributed by atoms with E-state index in [0.717, 1.165) is 30.3 Å². The number of hydrogen-bond acceptors (Lipinski definition) is 5. The molecular weight excluding hydrogens is 418 g/mol. The van der Waals surface area contributed by atoms with E-state index in [1.54, 1.807) is 29.2 Å². The van der Waals surface area contributed by atoms with Crippen molar-refractivity contribution >= 4 is 18.0 Å². The first-order valence-corrected chi connectivity index (χ1v) is 11.8. The summed E-state index contributed by atoms with van der Waals surface area (Å²) < 4.78 is 17.1. The lowest BCUT2D eigenvalue weighted by Gasteiger charge is -2.17. The SMILES string of the molecule is CCN(CC)C(=O)Oc1ccc2c(c1)O/C(=C\c1ccc(OCCC3CCCC3)cc1)C2=O. The Morgan fingerprint density at radius 2 is 1.76 bits per heavy atom. The minimum atomic E-state index is -0.425. The predicted octanol–water partition coefficient (Wildman–Crippen LogP) is 6.10. The van der Waals surface area contributed by atoms with Crippen molar-refractivity contribution in [2.45, 2.75) is 46.0 Å². The van der Waals surface area contributed by atoms with E-state index >= 15 is 0 Å². The van der Waals surface area contributed by atoms with Crippen molar-refractivity contribution in [3.8, 4) is 17.2 Å². The van der Waals surface area contributed by atoms with Gasteiger partial charge in [-0.3, -0.25) is 4.79 Å². The highest BCUT2D eigenvalue weighted by atomic mass is 16.6. The Morgan fingerprint density at radius 3 is 2.45 bits per heavy atom. The summed E-state index contributed by atoms with van der Waals surface area (Å²) in [6.07, 6.45) is 7.75. The Balaban J connectivity index is 1.37. The number of fused-ring (bicyclic) bond motifs is 1. The van der Waals surface area contributed by atoms with E-state index < -0.39 is 6.09 Å². The number of benzene rings is 2. The van der Waals surface area contributed by atoms with Gasteiger partial charge in [-0.1, -0.05) is 37.8 Å². The molecule has 0 radical (unpaired) electrons. The summed E-state index contributed by atoms with van der Waals surface area (Å²) in [5.41, 5.74) is 1.30. The van der Waals surface area contributed by atoms with E-state index in [-0.39, 0.29) is 11.5 Å². The van der Waals surface area contributed by atoms with Gasteiger partial charge in [0.05, 0.1) is 12.2 Å². The molecular formula is C27H31NO5. The highest BCUT2D eigenvalue weighted by Crippen LogP contribution is 2.35. The van der Waals surface area contributed by atoms with Gasteiger partial charge in [-0.2, -0.15) is 0 Å². The third-order valence-corrected chi connectivity index (χ3v) is 6.32. The number of rotatable bonds is 8. The average molecular weight is 450 g/mol. The molecule has 1 aliphatic heterocycles. The fraction of sp³-hybridized carbons (Fsp3) is 0.407. The van der Waals surface area contributed by atoms with Crippen LogP contribution in [-0.2, 0) is 0 Å². The summed E-state index contributed by atoms with van der Waals surface area (Å²) in [7, 11) is 0. The van der Waals surface area contributed by atoms with Crippen LogP contribution in [0.15, 0.2) is 48.2 Å². The van der Waals surface area contributed by atoms with E-state index in [4.69, 9.17) is 14.2 Å². The second-order valence-corrected chi connectivity index (χ2v) is 8.49. The van der Waals surface area contributed by atoms with Gasteiger partial charge in [-0.25, -0.2) is 4.79 Å². The summed E-state index contributed by atoms with van der Waals surface area (Å²) in [5.74, 6) is 2.43. The molecule has 1 aliphatic carbocycles. The van der Waals surface area contributed by atoms with E-state index in [0.29, 0.717) is 30.2 Å². The molecule has 0 unspecified atom stereocenters. The molecule has 2 aromatic carbocycles. The molecule has 0 N–H and O–H groups in total. The molecule has 6 nitrogen and oxygen atoms in total. The Kier molecular flexibility index (Phi) is 7.33. The minimum Gasteiger partial charge on any atom is -0.494 e. The van der Waals surface area contributed by atoms with Gasteiger partial charge in [0, 0.05) is 19.2 Å².